The van der Waals surface area contributed by atoms with Crippen molar-refractivity contribution in [3.05, 3.63) is 35.9 Å². The van der Waals surface area contributed by atoms with Crippen LogP contribution in [0.25, 0.3) is 0 Å². The first kappa shape index (κ1) is 16.8. The maximum atomic E-state index is 12.4. The molecule has 1 aromatic rings. The topological polar surface area (TPSA) is 75.7 Å². The van der Waals surface area contributed by atoms with Crippen LogP contribution in [0, 0.1) is 0 Å². The van der Waals surface area contributed by atoms with Gasteiger partial charge in [-0.1, -0.05) is 30.3 Å². The van der Waals surface area contributed by atoms with Crippen molar-refractivity contribution in [2.75, 3.05) is 7.11 Å². The summed E-state index contributed by atoms with van der Waals surface area (Å²) in [7, 11) is 1.32. The molecule has 1 N–H and O–H groups in total. The van der Waals surface area contributed by atoms with Crippen molar-refractivity contribution in [1.82, 2.24) is 10.2 Å². The number of methoxy groups -OCH3 is 1. The van der Waals surface area contributed by atoms with Gasteiger partial charge in [-0.3, -0.25) is 9.59 Å². The van der Waals surface area contributed by atoms with Gasteiger partial charge in [-0.15, -0.1) is 11.8 Å². The predicted octanol–water partition coefficient (Wildman–Crippen LogP) is 0.949. The average molecular weight is 348 g/mol. The standard InChI is InChI=1S/C17H20N2O4S/c1-17(2)13(16(22)23-3)19-14(21)12(15(19)24-17)18-11(20)9-10-7-5-4-6-8-10/h4-8,12-13,15H,9H2,1-3H3,(H,18,20)/t12?,13?,15-/m0/s1. The molecule has 2 heterocycles. The van der Waals surface area contributed by atoms with Gasteiger partial charge in [0, 0.05) is 4.75 Å². The number of ether oxygens (including phenoxy) is 1. The Morgan fingerprint density at radius 3 is 2.58 bits per heavy atom. The summed E-state index contributed by atoms with van der Waals surface area (Å²) in [4.78, 5) is 38.2. The van der Waals surface area contributed by atoms with E-state index in [2.05, 4.69) is 5.32 Å². The Labute approximate surface area is 144 Å². The van der Waals surface area contributed by atoms with Gasteiger partial charge < -0.3 is 15.0 Å². The fraction of sp³-hybridized carbons (Fsp3) is 0.471. The van der Waals surface area contributed by atoms with E-state index in [1.54, 1.807) is 0 Å². The molecule has 3 rings (SSSR count). The van der Waals surface area contributed by atoms with Gasteiger partial charge in [0.25, 0.3) is 0 Å². The zero-order valence-electron chi connectivity index (χ0n) is 13.8. The number of nitrogens with zero attached hydrogens (tertiary/aromatic N) is 1. The van der Waals surface area contributed by atoms with Crippen LogP contribution in [0.1, 0.15) is 19.4 Å². The van der Waals surface area contributed by atoms with Crippen molar-refractivity contribution >= 4 is 29.5 Å². The van der Waals surface area contributed by atoms with Gasteiger partial charge in [-0.05, 0) is 19.4 Å². The monoisotopic (exact) mass is 348 g/mol. The third kappa shape index (κ3) is 2.77. The molecule has 2 aliphatic rings. The number of β-lactam (4-membered cyclic amide) rings is 1. The number of amides is 2. The maximum absolute atomic E-state index is 12.4. The van der Waals surface area contributed by atoms with Crippen LogP contribution in [0.15, 0.2) is 30.3 Å². The zero-order chi connectivity index (χ0) is 17.5. The number of carbonyl (C=O) groups is 3. The second kappa shape index (κ2) is 6.12. The van der Waals surface area contributed by atoms with E-state index in [-0.39, 0.29) is 23.6 Å². The molecule has 1 aromatic carbocycles. The van der Waals surface area contributed by atoms with Crippen LogP contribution in [-0.2, 0) is 25.5 Å². The summed E-state index contributed by atoms with van der Waals surface area (Å²) >= 11 is 1.52. The summed E-state index contributed by atoms with van der Waals surface area (Å²) in [5.41, 5.74) is 0.894. The highest BCUT2D eigenvalue weighted by Crippen LogP contribution is 2.50. The molecule has 2 aliphatic heterocycles. The number of esters is 1. The van der Waals surface area contributed by atoms with E-state index in [0.29, 0.717) is 0 Å². The molecule has 0 spiro atoms. The number of nitrogens with one attached hydrogen (secondary N) is 1. The maximum Gasteiger partial charge on any atom is 0.330 e. The van der Waals surface area contributed by atoms with E-state index in [9.17, 15) is 14.4 Å². The normalized spacial score (nSPS) is 27.2. The lowest BCUT2D eigenvalue weighted by molar-refractivity contribution is -0.162. The first-order valence-corrected chi connectivity index (χ1v) is 8.64. The molecular weight excluding hydrogens is 328 g/mol. The van der Waals surface area contributed by atoms with Crippen molar-refractivity contribution in [2.24, 2.45) is 0 Å². The smallest absolute Gasteiger partial charge is 0.330 e. The lowest BCUT2D eigenvalue weighted by atomic mass is 9.96. The number of fused-ring (bicyclic) bond motifs is 1. The third-order valence-corrected chi connectivity index (χ3v) is 5.96. The molecule has 128 valence electrons. The highest BCUT2D eigenvalue weighted by molar-refractivity contribution is 8.01. The molecule has 0 radical (unpaired) electrons. The van der Waals surface area contributed by atoms with Crippen LogP contribution in [0.4, 0.5) is 0 Å². The number of benzene rings is 1. The van der Waals surface area contributed by atoms with Gasteiger partial charge in [0.15, 0.2) is 0 Å². The van der Waals surface area contributed by atoms with Crippen LogP contribution in [0.3, 0.4) is 0 Å². The molecule has 2 saturated heterocycles. The van der Waals surface area contributed by atoms with E-state index in [4.69, 9.17) is 4.74 Å². The number of hydrogen-bond acceptors (Lipinski definition) is 5. The van der Waals surface area contributed by atoms with Crippen LogP contribution < -0.4 is 5.32 Å². The second-order valence-corrected chi connectivity index (χ2v) is 8.26. The minimum atomic E-state index is -0.618. The van der Waals surface area contributed by atoms with E-state index < -0.39 is 22.8 Å². The summed E-state index contributed by atoms with van der Waals surface area (Å²) in [6, 6.07) is 8.17. The van der Waals surface area contributed by atoms with Gasteiger partial charge >= 0.3 is 5.97 Å². The lowest BCUT2D eigenvalue weighted by Crippen LogP contribution is -2.70. The Morgan fingerprint density at radius 1 is 1.29 bits per heavy atom. The fourth-order valence-electron chi connectivity index (χ4n) is 3.24. The van der Waals surface area contributed by atoms with Crippen molar-refractivity contribution in [3.63, 3.8) is 0 Å². The molecule has 0 bridgehead atoms. The van der Waals surface area contributed by atoms with Crippen LogP contribution in [0.5, 0.6) is 0 Å². The molecule has 3 atom stereocenters. The predicted molar refractivity (Wildman–Crippen MR) is 90.2 cm³/mol. The molecular formula is C17H20N2O4S. The fourth-order valence-corrected chi connectivity index (χ4v) is 4.86. The number of hydrogen-bond donors (Lipinski definition) is 1. The molecule has 2 amide bonds. The third-order valence-electron chi connectivity index (χ3n) is 4.39. The van der Waals surface area contributed by atoms with E-state index >= 15 is 0 Å². The van der Waals surface area contributed by atoms with Crippen molar-refractivity contribution in [2.45, 2.75) is 42.5 Å². The van der Waals surface area contributed by atoms with Crippen molar-refractivity contribution in [1.29, 1.82) is 0 Å². The summed E-state index contributed by atoms with van der Waals surface area (Å²) in [6.45, 7) is 3.82. The average Bonchev–Trinajstić information content (AvgIpc) is 2.81. The minimum Gasteiger partial charge on any atom is -0.467 e. The van der Waals surface area contributed by atoms with Gasteiger partial charge in [-0.25, -0.2) is 4.79 Å². The van der Waals surface area contributed by atoms with Gasteiger partial charge in [0.1, 0.15) is 17.5 Å². The van der Waals surface area contributed by atoms with E-state index in [1.165, 1.54) is 23.8 Å². The van der Waals surface area contributed by atoms with E-state index in [1.807, 2.05) is 44.2 Å². The Hall–Kier alpha value is -2.02. The molecule has 6 nitrogen and oxygen atoms in total. The second-order valence-electron chi connectivity index (χ2n) is 6.49. The van der Waals surface area contributed by atoms with E-state index in [0.717, 1.165) is 5.56 Å². The number of rotatable bonds is 4. The molecule has 0 aromatic heterocycles. The first-order chi connectivity index (χ1) is 11.3. The van der Waals surface area contributed by atoms with Gasteiger partial charge in [-0.2, -0.15) is 0 Å². The summed E-state index contributed by atoms with van der Waals surface area (Å²) in [5.74, 6) is -0.841. The molecule has 0 saturated carbocycles. The summed E-state index contributed by atoms with van der Waals surface area (Å²) < 4.78 is 4.38. The Morgan fingerprint density at radius 2 is 1.96 bits per heavy atom. The van der Waals surface area contributed by atoms with Crippen LogP contribution in [-0.4, -0.2) is 52.0 Å². The van der Waals surface area contributed by atoms with Crippen molar-refractivity contribution in [3.8, 4) is 0 Å². The molecule has 2 unspecified atom stereocenters. The molecule has 24 heavy (non-hydrogen) atoms. The lowest BCUT2D eigenvalue weighted by Gasteiger charge is -2.43. The molecule has 0 aliphatic carbocycles. The first-order valence-electron chi connectivity index (χ1n) is 7.76. The minimum absolute atomic E-state index is 0.195. The summed E-state index contributed by atoms with van der Waals surface area (Å²) in [5, 5.41) is 2.57. The largest absolute Gasteiger partial charge is 0.467 e. The summed E-state index contributed by atoms with van der Waals surface area (Å²) in [6.07, 6.45) is 0.228. The van der Waals surface area contributed by atoms with Gasteiger partial charge in [0.2, 0.25) is 11.8 Å². The highest BCUT2D eigenvalue weighted by Gasteiger charge is 2.64. The van der Waals surface area contributed by atoms with Gasteiger partial charge in [0.05, 0.1) is 13.5 Å². The zero-order valence-corrected chi connectivity index (χ0v) is 14.6. The highest BCUT2D eigenvalue weighted by atomic mass is 32.2. The Kier molecular flexibility index (Phi) is 4.29. The SMILES string of the molecule is COC(=O)C1N2C(=O)C(NC(=O)Cc3ccccc3)[C@@H]2SC1(C)C. The van der Waals surface area contributed by atoms with Crippen LogP contribution in [0.2, 0.25) is 0 Å². The Bertz CT molecular complexity index is 676. The Balaban J connectivity index is 1.67. The quantitative estimate of drug-likeness (QED) is 0.648. The number of carbonyl (C=O) groups excluding carboxylic acids is 3. The van der Waals surface area contributed by atoms with Crippen molar-refractivity contribution < 1.29 is 19.1 Å². The number of thioether (sulfide) groups is 1. The molecule has 7 heteroatoms. The van der Waals surface area contributed by atoms with Crippen LogP contribution >= 0.6 is 11.8 Å². The molecule has 2 fully saturated rings.